The Balaban J connectivity index is 2.29. The highest BCUT2D eigenvalue weighted by Gasteiger charge is 2.32. The Morgan fingerprint density at radius 1 is 0.808 bits per heavy atom. The van der Waals surface area contributed by atoms with Crippen molar-refractivity contribution >= 4 is 5.57 Å². The maximum atomic E-state index is 13.0. The second-order valence-corrected chi connectivity index (χ2v) is 6.11. The van der Waals surface area contributed by atoms with Crippen LogP contribution in [0.5, 0.6) is 0 Å². The molecule has 2 rings (SSSR count). The van der Waals surface area contributed by atoms with Crippen molar-refractivity contribution in [2.45, 2.75) is 38.5 Å². The third kappa shape index (κ3) is 5.93. The van der Waals surface area contributed by atoms with E-state index in [1.807, 2.05) is 30.3 Å². The fraction of sp³-hybridized carbons (Fsp3) is 0.300. The minimum atomic E-state index is -4.52. The smallest absolute Gasteiger partial charge is 0.171 e. The van der Waals surface area contributed by atoms with Gasteiger partial charge in [0.25, 0.3) is 0 Å². The Labute approximate surface area is 148 Å². The number of alkyl halides is 6. The molecule has 26 heavy (non-hydrogen) atoms. The Morgan fingerprint density at radius 2 is 1.38 bits per heavy atom. The summed E-state index contributed by atoms with van der Waals surface area (Å²) in [5, 5.41) is 0. The molecular weight excluding hydrogens is 354 g/mol. The molecule has 0 nitrogen and oxygen atoms in total. The lowest BCUT2D eigenvalue weighted by Gasteiger charge is -2.16. The van der Waals surface area contributed by atoms with E-state index >= 15 is 0 Å². The standard InChI is InChI=1S/C20H18F6/c1-14(7-8-15-5-3-2-4-6-15)18(13-19(21,22)23)16-9-11-17(12-10-16)20(24,25)26/h2-6,9-12H,7-8,13H2,1H3. The summed E-state index contributed by atoms with van der Waals surface area (Å²) in [4.78, 5) is 0. The van der Waals surface area contributed by atoms with Gasteiger partial charge in [-0.1, -0.05) is 48.0 Å². The van der Waals surface area contributed by atoms with Crippen LogP contribution < -0.4 is 0 Å². The zero-order valence-corrected chi connectivity index (χ0v) is 14.1. The minimum Gasteiger partial charge on any atom is -0.171 e. The van der Waals surface area contributed by atoms with E-state index in [1.165, 1.54) is 0 Å². The third-order valence-electron chi connectivity index (χ3n) is 4.08. The van der Waals surface area contributed by atoms with Crippen molar-refractivity contribution in [2.75, 3.05) is 0 Å². The molecular formula is C20H18F6. The molecule has 2 aromatic rings. The Kier molecular flexibility index (Phi) is 6.16. The third-order valence-corrected chi connectivity index (χ3v) is 4.08. The van der Waals surface area contributed by atoms with E-state index in [0.29, 0.717) is 18.4 Å². The van der Waals surface area contributed by atoms with Gasteiger partial charge in [0.2, 0.25) is 0 Å². The van der Waals surface area contributed by atoms with Gasteiger partial charge in [-0.05, 0) is 48.6 Å². The van der Waals surface area contributed by atoms with Crippen LogP contribution in [-0.2, 0) is 12.6 Å². The maximum absolute atomic E-state index is 13.0. The zero-order chi connectivity index (χ0) is 19.4. The monoisotopic (exact) mass is 372 g/mol. The first-order valence-corrected chi connectivity index (χ1v) is 8.03. The fourth-order valence-corrected chi connectivity index (χ4v) is 2.69. The van der Waals surface area contributed by atoms with Gasteiger partial charge in [-0.15, -0.1) is 0 Å². The highest BCUT2D eigenvalue weighted by molar-refractivity contribution is 5.69. The maximum Gasteiger partial charge on any atom is 0.416 e. The lowest BCUT2D eigenvalue weighted by atomic mass is 9.93. The summed E-state index contributed by atoms with van der Waals surface area (Å²) in [6.45, 7) is 1.60. The van der Waals surface area contributed by atoms with Crippen molar-refractivity contribution in [3.8, 4) is 0 Å². The number of benzene rings is 2. The van der Waals surface area contributed by atoms with Crippen LogP contribution in [0.3, 0.4) is 0 Å². The predicted octanol–water partition coefficient (Wildman–Crippen LogP) is 7.06. The van der Waals surface area contributed by atoms with E-state index in [4.69, 9.17) is 0 Å². The SMILES string of the molecule is CC(CCc1ccccc1)=C(CC(F)(F)F)c1ccc(C(F)(F)F)cc1. The minimum absolute atomic E-state index is 0.0298. The number of rotatable bonds is 5. The molecule has 0 unspecified atom stereocenters. The van der Waals surface area contributed by atoms with E-state index in [2.05, 4.69) is 0 Å². The lowest BCUT2D eigenvalue weighted by Crippen LogP contribution is -2.10. The van der Waals surface area contributed by atoms with Gasteiger partial charge in [-0.3, -0.25) is 0 Å². The normalized spacial score (nSPS) is 13.5. The van der Waals surface area contributed by atoms with Crippen LogP contribution in [0.1, 0.15) is 36.5 Å². The molecule has 0 atom stereocenters. The summed E-state index contributed by atoms with van der Waals surface area (Å²) in [6.07, 6.45) is -9.16. The van der Waals surface area contributed by atoms with Gasteiger partial charge >= 0.3 is 12.4 Å². The number of hydrogen-bond acceptors (Lipinski definition) is 0. The van der Waals surface area contributed by atoms with E-state index in [-0.39, 0.29) is 11.1 Å². The predicted molar refractivity (Wildman–Crippen MR) is 89.5 cm³/mol. The van der Waals surface area contributed by atoms with Gasteiger partial charge in [0, 0.05) is 0 Å². The van der Waals surface area contributed by atoms with Crippen LogP contribution in [0.4, 0.5) is 26.3 Å². The molecule has 0 heterocycles. The van der Waals surface area contributed by atoms with Crippen LogP contribution in [0.15, 0.2) is 60.2 Å². The molecule has 0 bridgehead atoms. The van der Waals surface area contributed by atoms with Crippen LogP contribution in [-0.4, -0.2) is 6.18 Å². The molecule has 0 N–H and O–H groups in total. The second kappa shape index (κ2) is 7.98. The van der Waals surface area contributed by atoms with Crippen molar-refractivity contribution in [3.63, 3.8) is 0 Å². The molecule has 0 spiro atoms. The topological polar surface area (TPSA) is 0 Å². The lowest BCUT2D eigenvalue weighted by molar-refractivity contribution is -0.137. The van der Waals surface area contributed by atoms with Crippen LogP contribution in [0.2, 0.25) is 0 Å². The van der Waals surface area contributed by atoms with E-state index in [9.17, 15) is 26.3 Å². The largest absolute Gasteiger partial charge is 0.416 e. The van der Waals surface area contributed by atoms with Gasteiger partial charge in [-0.25, -0.2) is 0 Å². The fourth-order valence-electron chi connectivity index (χ4n) is 2.69. The first-order valence-electron chi connectivity index (χ1n) is 8.03. The molecule has 0 aromatic heterocycles. The van der Waals surface area contributed by atoms with Crippen LogP contribution >= 0.6 is 0 Å². The molecule has 0 aliphatic rings. The van der Waals surface area contributed by atoms with E-state index < -0.39 is 24.3 Å². The number of aryl methyl sites for hydroxylation is 1. The van der Waals surface area contributed by atoms with Gasteiger partial charge in [0.05, 0.1) is 12.0 Å². The Bertz CT molecular complexity index is 737. The van der Waals surface area contributed by atoms with Crippen molar-refractivity contribution in [3.05, 3.63) is 76.9 Å². The molecule has 0 fully saturated rings. The van der Waals surface area contributed by atoms with Crippen molar-refractivity contribution in [2.24, 2.45) is 0 Å². The van der Waals surface area contributed by atoms with Gasteiger partial charge in [0.1, 0.15) is 0 Å². The summed E-state index contributed by atoms with van der Waals surface area (Å²) >= 11 is 0. The second-order valence-electron chi connectivity index (χ2n) is 6.11. The molecule has 0 saturated heterocycles. The van der Waals surface area contributed by atoms with Crippen LogP contribution in [0, 0.1) is 0 Å². The number of halogens is 6. The summed E-state index contributed by atoms with van der Waals surface area (Å²) in [5.41, 5.74) is 0.828. The average Bonchev–Trinajstić information content (AvgIpc) is 2.57. The molecule has 0 radical (unpaired) electrons. The molecule has 0 aliphatic carbocycles. The quantitative estimate of drug-likeness (QED) is 0.493. The highest BCUT2D eigenvalue weighted by atomic mass is 19.4. The summed E-state index contributed by atoms with van der Waals surface area (Å²) in [6, 6.07) is 13.2. The van der Waals surface area contributed by atoms with E-state index in [0.717, 1.165) is 29.8 Å². The average molecular weight is 372 g/mol. The molecule has 0 saturated carbocycles. The summed E-state index contributed by atoms with van der Waals surface area (Å²) < 4.78 is 76.9. The first kappa shape index (κ1) is 20.1. The summed E-state index contributed by atoms with van der Waals surface area (Å²) in [5.74, 6) is 0. The van der Waals surface area contributed by atoms with Gasteiger partial charge in [-0.2, -0.15) is 26.3 Å². The van der Waals surface area contributed by atoms with Crippen molar-refractivity contribution < 1.29 is 26.3 Å². The molecule has 2 aromatic carbocycles. The zero-order valence-electron chi connectivity index (χ0n) is 14.1. The Hall–Kier alpha value is -2.24. The van der Waals surface area contributed by atoms with E-state index in [1.54, 1.807) is 6.92 Å². The summed E-state index contributed by atoms with van der Waals surface area (Å²) in [7, 11) is 0. The highest BCUT2D eigenvalue weighted by Crippen LogP contribution is 2.36. The number of hydrogen-bond donors (Lipinski definition) is 0. The van der Waals surface area contributed by atoms with Gasteiger partial charge in [0.15, 0.2) is 0 Å². The molecule has 6 heteroatoms. The van der Waals surface area contributed by atoms with Gasteiger partial charge < -0.3 is 0 Å². The van der Waals surface area contributed by atoms with Crippen molar-refractivity contribution in [1.82, 2.24) is 0 Å². The number of allylic oxidation sites excluding steroid dienone is 2. The van der Waals surface area contributed by atoms with Crippen molar-refractivity contribution in [1.29, 1.82) is 0 Å². The molecule has 0 amide bonds. The Morgan fingerprint density at radius 3 is 1.88 bits per heavy atom. The molecule has 140 valence electrons. The van der Waals surface area contributed by atoms with Crippen LogP contribution in [0.25, 0.3) is 5.57 Å². The molecule has 0 aliphatic heterocycles. The first-order chi connectivity index (χ1) is 12.1.